The first-order chi connectivity index (χ1) is 9.32. The molecule has 1 aromatic carbocycles. The molecule has 0 aliphatic rings. The van der Waals surface area contributed by atoms with Crippen molar-refractivity contribution >= 4 is 12.6 Å². The summed E-state index contributed by atoms with van der Waals surface area (Å²) in [5.41, 5.74) is 0.00171. The van der Waals surface area contributed by atoms with Crippen LogP contribution >= 0.6 is 0 Å². The minimum atomic E-state index is -1.69. The monoisotopic (exact) mass is 281 g/mol. The Bertz CT molecular complexity index is 451. The summed E-state index contributed by atoms with van der Waals surface area (Å²) in [6.45, 7) is 3.69. The predicted molar refractivity (Wildman–Crippen MR) is 75.5 cm³/mol. The number of aliphatic hydroxyl groups is 2. The van der Waals surface area contributed by atoms with Gasteiger partial charge < -0.3 is 25.0 Å². The smallest absolute Gasteiger partial charge is 0.493 e. The molecule has 0 amide bonds. The van der Waals surface area contributed by atoms with E-state index >= 15 is 0 Å². The fourth-order valence-electron chi connectivity index (χ4n) is 1.14. The van der Waals surface area contributed by atoms with Crippen LogP contribution in [0.3, 0.4) is 0 Å². The van der Waals surface area contributed by atoms with Gasteiger partial charge in [-0.05, 0) is 12.1 Å². The third kappa shape index (κ3) is 5.59. The first-order valence-corrected chi connectivity index (χ1v) is 5.97. The molecule has 0 spiro atoms. The van der Waals surface area contributed by atoms with Crippen molar-refractivity contribution in [3.8, 4) is 11.8 Å². The van der Waals surface area contributed by atoms with Crippen molar-refractivity contribution < 1.29 is 25.0 Å². The Morgan fingerprint density at radius 3 is 2.10 bits per heavy atom. The van der Waals surface area contributed by atoms with E-state index < -0.39 is 7.12 Å². The molecule has 110 valence electrons. The van der Waals surface area contributed by atoms with Gasteiger partial charge in [0.15, 0.2) is 0 Å². The number of nitriles is 1. The highest BCUT2D eigenvalue weighted by Gasteiger charge is 2.20. The number of rotatable bonds is 4. The summed E-state index contributed by atoms with van der Waals surface area (Å²) in [7, 11) is -0.284. The summed E-state index contributed by atoms with van der Waals surface area (Å²) in [6, 6.07) is 6.53. The Balaban J connectivity index is 0.000000441. The topological polar surface area (TPSA) is 114 Å². The Morgan fingerprint density at radius 1 is 1.25 bits per heavy atom. The minimum Gasteiger partial charge on any atom is -0.497 e. The van der Waals surface area contributed by atoms with Crippen LogP contribution < -0.4 is 10.2 Å². The van der Waals surface area contributed by atoms with Gasteiger partial charge in [-0.3, -0.25) is 0 Å². The highest BCUT2D eigenvalue weighted by molar-refractivity contribution is 6.60. The lowest BCUT2D eigenvalue weighted by molar-refractivity contribution is 0.0857. The van der Waals surface area contributed by atoms with Gasteiger partial charge in [0, 0.05) is 10.9 Å². The molecule has 0 bridgehead atoms. The van der Waals surface area contributed by atoms with Crippen LogP contribution in [0.25, 0.3) is 0 Å². The summed E-state index contributed by atoms with van der Waals surface area (Å²) in [5.74, 6) is 0.300. The largest absolute Gasteiger partial charge is 0.497 e. The minimum absolute atomic E-state index is 0.0451. The number of hydrogen-bond donors (Lipinski definition) is 4. The molecule has 0 fully saturated rings. The van der Waals surface area contributed by atoms with Crippen molar-refractivity contribution in [1.82, 2.24) is 0 Å². The zero-order valence-corrected chi connectivity index (χ0v) is 11.9. The zero-order chi connectivity index (χ0) is 15.8. The molecule has 0 saturated heterocycles. The molecule has 0 unspecified atom stereocenters. The maximum atomic E-state index is 8.97. The van der Waals surface area contributed by atoms with Gasteiger partial charge in [0.25, 0.3) is 0 Å². The quantitative estimate of drug-likeness (QED) is 0.540. The number of nitrogens with zero attached hydrogens (tertiary/aromatic N) is 1. The van der Waals surface area contributed by atoms with Crippen molar-refractivity contribution in [1.29, 1.82) is 5.26 Å². The molecule has 0 heterocycles. The van der Waals surface area contributed by atoms with E-state index in [1.165, 1.54) is 13.2 Å². The van der Waals surface area contributed by atoms with Gasteiger partial charge in [0.05, 0.1) is 32.0 Å². The molecule has 4 N–H and O–H groups in total. The maximum Gasteiger partial charge on any atom is 0.493 e. The second-order valence-corrected chi connectivity index (χ2v) is 4.89. The van der Waals surface area contributed by atoms with Gasteiger partial charge in [-0.2, -0.15) is 5.26 Å². The fourth-order valence-corrected chi connectivity index (χ4v) is 1.14. The van der Waals surface area contributed by atoms with Crippen LogP contribution in [0.2, 0.25) is 0 Å². The van der Waals surface area contributed by atoms with Crippen molar-refractivity contribution in [2.75, 3.05) is 20.3 Å². The number of ether oxygens (including phenoxy) is 1. The van der Waals surface area contributed by atoms with Crippen molar-refractivity contribution in [2.24, 2.45) is 5.41 Å². The molecule has 1 aromatic rings. The molecular weight excluding hydrogens is 261 g/mol. The van der Waals surface area contributed by atoms with Gasteiger partial charge >= 0.3 is 7.12 Å². The van der Waals surface area contributed by atoms with Gasteiger partial charge in [-0.1, -0.05) is 19.9 Å². The van der Waals surface area contributed by atoms with Crippen LogP contribution in [-0.2, 0) is 0 Å². The van der Waals surface area contributed by atoms with Crippen LogP contribution in [0.5, 0.6) is 5.75 Å². The lowest BCUT2D eigenvalue weighted by Crippen LogP contribution is -2.33. The summed E-state index contributed by atoms with van der Waals surface area (Å²) >= 11 is 0. The highest BCUT2D eigenvalue weighted by Crippen LogP contribution is 2.10. The zero-order valence-electron chi connectivity index (χ0n) is 11.9. The second kappa shape index (κ2) is 8.56. The van der Waals surface area contributed by atoms with Crippen LogP contribution in [0.1, 0.15) is 19.4 Å². The third-order valence-electron chi connectivity index (χ3n) is 2.52. The summed E-state index contributed by atoms with van der Waals surface area (Å²) in [5, 5.41) is 43.5. The Hall–Kier alpha value is -1.59. The maximum absolute atomic E-state index is 8.97. The fraction of sp³-hybridized carbons (Fsp3) is 0.462. The second-order valence-electron chi connectivity index (χ2n) is 4.89. The van der Waals surface area contributed by atoms with Crippen LogP contribution in [-0.4, -0.2) is 47.7 Å². The summed E-state index contributed by atoms with van der Waals surface area (Å²) in [6.07, 6.45) is 0. The molecule has 0 atom stereocenters. The van der Waals surface area contributed by atoms with Gasteiger partial charge in [0.2, 0.25) is 0 Å². The predicted octanol–water partition coefficient (Wildman–Crippen LogP) is -0.756. The Labute approximate surface area is 119 Å². The number of hydrogen-bond acceptors (Lipinski definition) is 6. The molecule has 20 heavy (non-hydrogen) atoms. The highest BCUT2D eigenvalue weighted by atomic mass is 16.5. The molecule has 1 rings (SSSR count). The average molecular weight is 281 g/mol. The van der Waals surface area contributed by atoms with Crippen molar-refractivity contribution in [3.63, 3.8) is 0 Å². The van der Waals surface area contributed by atoms with E-state index in [0.29, 0.717) is 5.75 Å². The SMILES string of the molecule is CC(C)(CO)CO.COc1cccc(C#N)c1B(O)O. The first-order valence-electron chi connectivity index (χ1n) is 5.97. The summed E-state index contributed by atoms with van der Waals surface area (Å²) in [4.78, 5) is 0. The molecule has 0 radical (unpaired) electrons. The molecule has 0 aliphatic heterocycles. The van der Waals surface area contributed by atoms with E-state index in [1.54, 1.807) is 26.0 Å². The lowest BCUT2D eigenvalue weighted by atomic mass is 9.76. The van der Waals surface area contributed by atoms with E-state index in [4.69, 9.17) is 30.3 Å². The third-order valence-corrected chi connectivity index (χ3v) is 2.52. The van der Waals surface area contributed by atoms with Crippen LogP contribution in [0, 0.1) is 16.7 Å². The molecule has 7 heteroatoms. The normalized spacial score (nSPS) is 10.1. The van der Waals surface area contributed by atoms with Crippen LogP contribution in [0.15, 0.2) is 18.2 Å². The average Bonchev–Trinajstić information content (AvgIpc) is 2.46. The number of benzene rings is 1. The lowest BCUT2D eigenvalue weighted by Gasteiger charge is -2.16. The molecule has 0 saturated carbocycles. The van der Waals surface area contributed by atoms with Gasteiger partial charge in [-0.15, -0.1) is 0 Å². The van der Waals surface area contributed by atoms with Crippen molar-refractivity contribution in [2.45, 2.75) is 13.8 Å². The first kappa shape index (κ1) is 18.4. The van der Waals surface area contributed by atoms with Gasteiger partial charge in [-0.25, -0.2) is 0 Å². The molecule has 0 aliphatic carbocycles. The van der Waals surface area contributed by atoms with E-state index in [2.05, 4.69) is 0 Å². The molecular formula is C13H20BNO5. The van der Waals surface area contributed by atoms with E-state index in [0.717, 1.165) is 0 Å². The number of aliphatic hydroxyl groups excluding tert-OH is 2. The summed E-state index contributed by atoms with van der Waals surface area (Å²) < 4.78 is 4.88. The Morgan fingerprint density at radius 2 is 1.80 bits per heavy atom. The molecule has 6 nitrogen and oxygen atoms in total. The standard InChI is InChI=1S/C8H8BNO3.C5H12O2/c1-13-7-4-2-3-6(5-10)8(7)9(11)12;1-5(2,3-6)4-7/h2-4,11-12H,1H3;6-7H,3-4H2,1-2H3. The van der Waals surface area contributed by atoms with Crippen molar-refractivity contribution in [3.05, 3.63) is 23.8 Å². The molecule has 0 aromatic heterocycles. The Kier molecular flexibility index (Phi) is 7.88. The number of methoxy groups -OCH3 is 1. The van der Waals surface area contributed by atoms with E-state index in [1.807, 2.05) is 6.07 Å². The van der Waals surface area contributed by atoms with E-state index in [-0.39, 0.29) is 29.7 Å². The van der Waals surface area contributed by atoms with Crippen LogP contribution in [0.4, 0.5) is 0 Å². The van der Waals surface area contributed by atoms with Gasteiger partial charge in [0.1, 0.15) is 5.75 Å². The van der Waals surface area contributed by atoms with E-state index in [9.17, 15) is 0 Å².